The van der Waals surface area contributed by atoms with Gasteiger partial charge in [-0.05, 0) is 40.5 Å². The van der Waals surface area contributed by atoms with Crippen molar-refractivity contribution in [3.63, 3.8) is 0 Å². The molecule has 0 amide bonds. The monoisotopic (exact) mass is 300 g/mol. The van der Waals surface area contributed by atoms with Gasteiger partial charge in [-0.1, -0.05) is 28.0 Å². The van der Waals surface area contributed by atoms with Gasteiger partial charge in [0.1, 0.15) is 4.75 Å². The van der Waals surface area contributed by atoms with E-state index < -0.39 is 27.4 Å². The first-order chi connectivity index (χ1) is 8.00. The molecule has 2 aliphatic rings. The van der Waals surface area contributed by atoms with Gasteiger partial charge in [0.25, 0.3) is 0 Å². The van der Waals surface area contributed by atoms with E-state index in [1.54, 1.807) is 0 Å². The van der Waals surface area contributed by atoms with Crippen molar-refractivity contribution >= 4 is 21.6 Å². The van der Waals surface area contributed by atoms with Crippen molar-refractivity contribution in [1.29, 1.82) is 0 Å². The molecule has 0 radical (unpaired) electrons. The Morgan fingerprint density at radius 2 is 1.72 bits per heavy atom. The smallest absolute Gasteiger partial charge is 0.369 e. The highest BCUT2D eigenvalue weighted by molar-refractivity contribution is 8.78. The van der Waals surface area contributed by atoms with Gasteiger partial charge in [-0.3, -0.25) is 0 Å². The molecule has 2 bridgehead atoms. The summed E-state index contributed by atoms with van der Waals surface area (Å²) in [6.07, 6.45) is -3.37. The van der Waals surface area contributed by atoms with Crippen molar-refractivity contribution in [2.45, 2.75) is 74.3 Å². The van der Waals surface area contributed by atoms with Crippen molar-refractivity contribution in [3.05, 3.63) is 0 Å². The third-order valence-electron chi connectivity index (χ3n) is 3.53. The van der Waals surface area contributed by atoms with E-state index in [9.17, 15) is 13.2 Å². The minimum Gasteiger partial charge on any atom is -0.369 e. The minimum atomic E-state index is -4.21. The predicted octanol–water partition coefficient (Wildman–Crippen LogP) is 4.81. The fourth-order valence-corrected chi connectivity index (χ4v) is 6.73. The normalized spacial score (nSPS) is 41.2. The standard InChI is InChI=1S/C12H19F3OS2/c1-9(2,3)16-8-10(4)6-5-7-11(8,18-17-10)12(13,14)15/h8H,5-7H2,1-4H3. The summed E-state index contributed by atoms with van der Waals surface area (Å²) in [7, 11) is 2.34. The van der Waals surface area contributed by atoms with Crippen LogP contribution in [0.1, 0.15) is 47.0 Å². The third-order valence-corrected chi connectivity index (χ3v) is 7.65. The van der Waals surface area contributed by atoms with E-state index >= 15 is 0 Å². The van der Waals surface area contributed by atoms with Crippen LogP contribution in [0, 0.1) is 0 Å². The summed E-state index contributed by atoms with van der Waals surface area (Å²) in [6, 6.07) is 0. The van der Waals surface area contributed by atoms with Crippen molar-refractivity contribution in [2.24, 2.45) is 0 Å². The first-order valence-corrected chi connectivity index (χ1v) is 8.27. The number of hydrogen-bond acceptors (Lipinski definition) is 3. The van der Waals surface area contributed by atoms with E-state index in [4.69, 9.17) is 4.74 Å². The van der Waals surface area contributed by atoms with Crippen molar-refractivity contribution in [1.82, 2.24) is 0 Å². The molecule has 2 fully saturated rings. The van der Waals surface area contributed by atoms with Crippen LogP contribution in [0.5, 0.6) is 0 Å². The van der Waals surface area contributed by atoms with Crippen LogP contribution < -0.4 is 0 Å². The topological polar surface area (TPSA) is 9.23 Å². The maximum absolute atomic E-state index is 13.5. The first-order valence-electron chi connectivity index (χ1n) is 6.12. The molecule has 1 aliphatic heterocycles. The molecular formula is C12H19F3OS2. The number of alkyl halides is 3. The van der Waals surface area contributed by atoms with E-state index in [-0.39, 0.29) is 6.42 Å². The second kappa shape index (κ2) is 4.22. The Labute approximate surface area is 114 Å². The van der Waals surface area contributed by atoms with Crippen LogP contribution in [0.25, 0.3) is 0 Å². The van der Waals surface area contributed by atoms with Crippen molar-refractivity contribution in [2.75, 3.05) is 0 Å². The largest absolute Gasteiger partial charge is 0.406 e. The molecule has 1 saturated carbocycles. The van der Waals surface area contributed by atoms with Crippen LogP contribution in [0.3, 0.4) is 0 Å². The third kappa shape index (κ3) is 2.29. The van der Waals surface area contributed by atoms with Crippen LogP contribution in [0.15, 0.2) is 0 Å². The highest BCUT2D eigenvalue weighted by Crippen LogP contribution is 2.69. The zero-order chi connectivity index (χ0) is 13.8. The summed E-state index contributed by atoms with van der Waals surface area (Å²) in [4.78, 5) is 0. The average Bonchev–Trinajstić information content (AvgIpc) is 2.35. The molecule has 3 atom stereocenters. The zero-order valence-corrected chi connectivity index (χ0v) is 12.7. The van der Waals surface area contributed by atoms with E-state index in [2.05, 4.69) is 0 Å². The van der Waals surface area contributed by atoms with Gasteiger partial charge in [0.05, 0.1) is 16.5 Å². The fraction of sp³-hybridized carbons (Fsp3) is 1.00. The van der Waals surface area contributed by atoms with Gasteiger partial charge < -0.3 is 4.74 Å². The summed E-state index contributed by atoms with van der Waals surface area (Å²) in [5.74, 6) is 0. The molecule has 18 heavy (non-hydrogen) atoms. The van der Waals surface area contributed by atoms with Crippen LogP contribution in [0.2, 0.25) is 0 Å². The molecule has 0 aromatic carbocycles. The van der Waals surface area contributed by atoms with E-state index in [1.165, 1.54) is 10.8 Å². The maximum atomic E-state index is 13.5. The van der Waals surface area contributed by atoms with Gasteiger partial charge in [-0.25, -0.2) is 0 Å². The Balaban J connectivity index is 2.38. The van der Waals surface area contributed by atoms with E-state index in [0.717, 1.165) is 17.2 Å². The Hall–Kier alpha value is 0.450. The van der Waals surface area contributed by atoms with Gasteiger partial charge in [-0.15, -0.1) is 0 Å². The number of rotatable bonds is 1. The molecule has 0 spiro atoms. The second-order valence-electron chi connectivity index (χ2n) is 6.33. The van der Waals surface area contributed by atoms with Crippen LogP contribution in [-0.4, -0.2) is 27.4 Å². The molecule has 0 aromatic rings. The molecule has 6 heteroatoms. The summed E-state index contributed by atoms with van der Waals surface area (Å²) in [5, 5.41) is 0. The Morgan fingerprint density at radius 1 is 1.11 bits per heavy atom. The fourth-order valence-electron chi connectivity index (χ4n) is 2.71. The molecule has 1 aliphatic carbocycles. The average molecular weight is 300 g/mol. The van der Waals surface area contributed by atoms with Gasteiger partial charge in [-0.2, -0.15) is 13.2 Å². The summed E-state index contributed by atoms with van der Waals surface area (Å²) >= 11 is 0. The molecule has 1 saturated heterocycles. The van der Waals surface area contributed by atoms with Crippen molar-refractivity contribution < 1.29 is 17.9 Å². The molecule has 1 heterocycles. The lowest BCUT2D eigenvalue weighted by Crippen LogP contribution is -2.60. The van der Waals surface area contributed by atoms with Crippen LogP contribution in [-0.2, 0) is 4.74 Å². The first kappa shape index (κ1) is 14.9. The summed E-state index contributed by atoms with van der Waals surface area (Å²) in [5.41, 5.74) is -0.550. The van der Waals surface area contributed by atoms with E-state index in [0.29, 0.717) is 6.42 Å². The number of hydrogen-bond donors (Lipinski definition) is 0. The second-order valence-corrected chi connectivity index (χ2v) is 9.32. The number of ether oxygens (including phenoxy) is 1. The minimum absolute atomic E-state index is 0.171. The summed E-state index contributed by atoms with van der Waals surface area (Å²) < 4.78 is 44.2. The van der Waals surface area contributed by atoms with E-state index in [1.807, 2.05) is 27.7 Å². The molecule has 106 valence electrons. The lowest BCUT2D eigenvalue weighted by molar-refractivity contribution is -0.216. The zero-order valence-electron chi connectivity index (χ0n) is 11.1. The lowest BCUT2D eigenvalue weighted by atomic mass is 9.77. The molecule has 0 N–H and O–H groups in total. The number of fused-ring (bicyclic) bond motifs is 2. The Kier molecular flexibility index (Phi) is 3.48. The van der Waals surface area contributed by atoms with Gasteiger partial charge >= 0.3 is 6.18 Å². The Bertz CT molecular complexity index is 339. The van der Waals surface area contributed by atoms with Gasteiger partial charge in [0, 0.05) is 0 Å². The van der Waals surface area contributed by atoms with Crippen molar-refractivity contribution in [3.8, 4) is 0 Å². The maximum Gasteiger partial charge on any atom is 0.406 e. The predicted molar refractivity (Wildman–Crippen MR) is 70.9 cm³/mol. The Morgan fingerprint density at radius 3 is 2.22 bits per heavy atom. The van der Waals surface area contributed by atoms with Crippen LogP contribution >= 0.6 is 21.6 Å². The van der Waals surface area contributed by atoms with Gasteiger partial charge in [0.2, 0.25) is 0 Å². The quantitative estimate of drug-likeness (QED) is 0.643. The molecular weight excluding hydrogens is 281 g/mol. The molecule has 0 aromatic heterocycles. The molecule has 1 nitrogen and oxygen atoms in total. The highest BCUT2D eigenvalue weighted by atomic mass is 33.1. The van der Waals surface area contributed by atoms with Gasteiger partial charge in [0.15, 0.2) is 0 Å². The molecule has 2 rings (SSSR count). The SMILES string of the molecule is CC(C)(C)OC1C2(C)CCCC1(C(F)(F)F)SS2. The molecule has 3 unspecified atom stereocenters. The summed E-state index contributed by atoms with van der Waals surface area (Å²) in [6.45, 7) is 7.38. The van der Waals surface area contributed by atoms with Crippen LogP contribution in [0.4, 0.5) is 13.2 Å². The number of halogens is 3. The lowest BCUT2D eigenvalue weighted by Gasteiger charge is -2.46. The highest BCUT2D eigenvalue weighted by Gasteiger charge is 2.71.